The van der Waals surface area contributed by atoms with Crippen molar-refractivity contribution in [3.05, 3.63) is 59.4 Å². The van der Waals surface area contributed by atoms with Crippen LogP contribution < -0.4 is 14.8 Å². The molecular formula is C17H20FNO2. The van der Waals surface area contributed by atoms with E-state index in [1.165, 1.54) is 13.2 Å². The number of benzene rings is 2. The van der Waals surface area contributed by atoms with Crippen LogP contribution in [0.4, 0.5) is 4.39 Å². The van der Waals surface area contributed by atoms with Crippen molar-refractivity contribution in [1.29, 1.82) is 0 Å². The second kappa shape index (κ2) is 7.09. The number of hydrogen-bond acceptors (Lipinski definition) is 3. The summed E-state index contributed by atoms with van der Waals surface area (Å²) < 4.78 is 23.9. The highest BCUT2D eigenvalue weighted by molar-refractivity contribution is 5.35. The summed E-state index contributed by atoms with van der Waals surface area (Å²) in [6, 6.07) is 12.9. The molecule has 1 N–H and O–H groups in total. The fourth-order valence-electron chi connectivity index (χ4n) is 2.22. The summed E-state index contributed by atoms with van der Waals surface area (Å²) in [5.41, 5.74) is 1.95. The van der Waals surface area contributed by atoms with Gasteiger partial charge in [-0.15, -0.1) is 0 Å². The van der Waals surface area contributed by atoms with Crippen molar-refractivity contribution < 1.29 is 13.9 Å². The number of para-hydroxylation sites is 1. The van der Waals surface area contributed by atoms with Crippen molar-refractivity contribution in [1.82, 2.24) is 5.32 Å². The molecule has 0 radical (unpaired) electrons. The monoisotopic (exact) mass is 289 g/mol. The lowest BCUT2D eigenvalue weighted by Crippen LogP contribution is -2.18. The van der Waals surface area contributed by atoms with Gasteiger partial charge in [0.1, 0.15) is 5.75 Å². The molecule has 2 aromatic rings. The summed E-state index contributed by atoms with van der Waals surface area (Å²) in [6.07, 6.45) is 0. The minimum atomic E-state index is -0.346. The molecule has 2 rings (SSSR count). The van der Waals surface area contributed by atoms with Crippen molar-refractivity contribution in [2.75, 3.05) is 14.2 Å². The van der Waals surface area contributed by atoms with E-state index in [0.29, 0.717) is 6.54 Å². The zero-order valence-corrected chi connectivity index (χ0v) is 12.5. The van der Waals surface area contributed by atoms with E-state index in [0.717, 1.165) is 16.9 Å². The molecule has 3 nitrogen and oxygen atoms in total. The van der Waals surface area contributed by atoms with Gasteiger partial charge in [0.15, 0.2) is 11.6 Å². The van der Waals surface area contributed by atoms with E-state index in [2.05, 4.69) is 12.2 Å². The van der Waals surface area contributed by atoms with E-state index in [9.17, 15) is 4.39 Å². The topological polar surface area (TPSA) is 30.5 Å². The van der Waals surface area contributed by atoms with E-state index in [1.54, 1.807) is 13.2 Å². The first kappa shape index (κ1) is 15.3. The molecule has 0 saturated carbocycles. The molecule has 0 amide bonds. The Bertz CT molecular complexity index is 601. The Morgan fingerprint density at radius 1 is 1.05 bits per heavy atom. The third-order valence-corrected chi connectivity index (χ3v) is 3.43. The van der Waals surface area contributed by atoms with Crippen molar-refractivity contribution in [3.8, 4) is 11.5 Å². The molecule has 0 aliphatic rings. The van der Waals surface area contributed by atoms with Crippen LogP contribution in [-0.2, 0) is 6.54 Å². The number of hydrogen-bond donors (Lipinski definition) is 1. The minimum Gasteiger partial charge on any atom is -0.496 e. The van der Waals surface area contributed by atoms with E-state index in [4.69, 9.17) is 9.47 Å². The van der Waals surface area contributed by atoms with Crippen LogP contribution in [0.5, 0.6) is 11.5 Å². The van der Waals surface area contributed by atoms with Crippen LogP contribution in [-0.4, -0.2) is 14.2 Å². The van der Waals surface area contributed by atoms with Crippen molar-refractivity contribution in [3.63, 3.8) is 0 Å². The highest BCUT2D eigenvalue weighted by atomic mass is 19.1. The summed E-state index contributed by atoms with van der Waals surface area (Å²) in [5, 5.41) is 3.37. The zero-order valence-electron chi connectivity index (χ0n) is 12.5. The van der Waals surface area contributed by atoms with Gasteiger partial charge in [0.2, 0.25) is 0 Å². The Kier molecular flexibility index (Phi) is 5.17. The third kappa shape index (κ3) is 3.73. The predicted octanol–water partition coefficient (Wildman–Crippen LogP) is 3.69. The Balaban J connectivity index is 2.04. The van der Waals surface area contributed by atoms with Gasteiger partial charge >= 0.3 is 0 Å². The highest BCUT2D eigenvalue weighted by Gasteiger charge is 2.10. The zero-order chi connectivity index (χ0) is 15.2. The molecule has 4 heteroatoms. The third-order valence-electron chi connectivity index (χ3n) is 3.43. The number of halogens is 1. The molecule has 0 aliphatic carbocycles. The first-order valence-corrected chi connectivity index (χ1v) is 6.84. The summed E-state index contributed by atoms with van der Waals surface area (Å²) in [4.78, 5) is 0. The van der Waals surface area contributed by atoms with Gasteiger partial charge in [-0.1, -0.05) is 24.3 Å². The van der Waals surface area contributed by atoms with E-state index in [-0.39, 0.29) is 17.6 Å². The van der Waals surface area contributed by atoms with Crippen LogP contribution in [0.2, 0.25) is 0 Å². The number of nitrogens with one attached hydrogen (secondary N) is 1. The van der Waals surface area contributed by atoms with E-state index < -0.39 is 0 Å². The number of rotatable bonds is 6. The fraction of sp³-hybridized carbons (Fsp3) is 0.294. The molecule has 0 spiro atoms. The van der Waals surface area contributed by atoms with Crippen molar-refractivity contribution >= 4 is 0 Å². The van der Waals surface area contributed by atoms with Crippen LogP contribution in [0.15, 0.2) is 42.5 Å². The van der Waals surface area contributed by atoms with E-state index >= 15 is 0 Å². The largest absolute Gasteiger partial charge is 0.496 e. The van der Waals surface area contributed by atoms with E-state index in [1.807, 2.05) is 30.3 Å². The highest BCUT2D eigenvalue weighted by Crippen LogP contribution is 2.25. The summed E-state index contributed by atoms with van der Waals surface area (Å²) >= 11 is 0. The molecule has 0 fully saturated rings. The molecule has 21 heavy (non-hydrogen) atoms. The lowest BCUT2D eigenvalue weighted by molar-refractivity contribution is 0.385. The van der Waals surface area contributed by atoms with Gasteiger partial charge < -0.3 is 14.8 Å². The minimum absolute atomic E-state index is 0.103. The maximum Gasteiger partial charge on any atom is 0.165 e. The Labute approximate surface area is 124 Å². The first-order valence-electron chi connectivity index (χ1n) is 6.84. The molecule has 0 unspecified atom stereocenters. The van der Waals surface area contributed by atoms with Gasteiger partial charge in [-0.25, -0.2) is 4.39 Å². The molecule has 112 valence electrons. The Morgan fingerprint density at radius 3 is 2.43 bits per heavy atom. The molecule has 0 aromatic heterocycles. The molecule has 1 atom stereocenters. The second-order valence-corrected chi connectivity index (χ2v) is 4.81. The molecule has 0 heterocycles. The smallest absolute Gasteiger partial charge is 0.165 e. The van der Waals surface area contributed by atoms with Gasteiger partial charge in [0.05, 0.1) is 14.2 Å². The summed E-state index contributed by atoms with van der Waals surface area (Å²) in [7, 11) is 3.12. The van der Waals surface area contributed by atoms with Gasteiger partial charge in [0.25, 0.3) is 0 Å². The standard InChI is InChI=1S/C17H20FNO2/c1-12(14-6-4-5-7-16(14)20-2)19-11-13-8-9-17(21-3)15(18)10-13/h4-10,12,19H,11H2,1-3H3/t12-/m1/s1. The van der Waals surface area contributed by atoms with Crippen LogP contribution in [0.3, 0.4) is 0 Å². The first-order chi connectivity index (χ1) is 10.2. The maximum absolute atomic E-state index is 13.6. The summed E-state index contributed by atoms with van der Waals surface area (Å²) in [5.74, 6) is 0.761. The van der Waals surface area contributed by atoms with Crippen LogP contribution in [0, 0.1) is 5.82 Å². The van der Waals surface area contributed by atoms with Crippen LogP contribution in [0.25, 0.3) is 0 Å². The molecule has 0 bridgehead atoms. The lowest BCUT2D eigenvalue weighted by Gasteiger charge is -2.17. The maximum atomic E-state index is 13.6. The van der Waals surface area contributed by atoms with Crippen molar-refractivity contribution in [2.24, 2.45) is 0 Å². The average Bonchev–Trinajstić information content (AvgIpc) is 2.52. The number of ether oxygens (including phenoxy) is 2. The normalized spacial score (nSPS) is 12.0. The lowest BCUT2D eigenvalue weighted by atomic mass is 10.1. The van der Waals surface area contributed by atoms with Crippen LogP contribution >= 0.6 is 0 Å². The van der Waals surface area contributed by atoms with Gasteiger partial charge in [-0.3, -0.25) is 0 Å². The fourth-order valence-corrected chi connectivity index (χ4v) is 2.22. The van der Waals surface area contributed by atoms with Gasteiger partial charge in [-0.2, -0.15) is 0 Å². The molecule has 0 saturated heterocycles. The quantitative estimate of drug-likeness (QED) is 0.879. The Morgan fingerprint density at radius 2 is 1.76 bits per heavy atom. The molecule has 0 aliphatic heterocycles. The predicted molar refractivity (Wildman–Crippen MR) is 81.2 cm³/mol. The van der Waals surface area contributed by atoms with Gasteiger partial charge in [0, 0.05) is 18.2 Å². The Hall–Kier alpha value is -2.07. The number of methoxy groups -OCH3 is 2. The average molecular weight is 289 g/mol. The van der Waals surface area contributed by atoms with Crippen LogP contribution in [0.1, 0.15) is 24.1 Å². The van der Waals surface area contributed by atoms with Crippen molar-refractivity contribution in [2.45, 2.75) is 19.5 Å². The summed E-state index contributed by atoms with van der Waals surface area (Å²) in [6.45, 7) is 2.62. The second-order valence-electron chi connectivity index (χ2n) is 4.81. The SMILES string of the molecule is COc1ccc(CN[C@H](C)c2ccccc2OC)cc1F. The molecular weight excluding hydrogens is 269 g/mol. The molecule has 2 aromatic carbocycles. The van der Waals surface area contributed by atoms with Gasteiger partial charge in [-0.05, 0) is 30.7 Å².